The lowest BCUT2D eigenvalue weighted by molar-refractivity contribution is -0.140. The van der Waals surface area contributed by atoms with Crippen molar-refractivity contribution in [2.24, 2.45) is 5.92 Å². The molecule has 9 heteroatoms. The van der Waals surface area contributed by atoms with Gasteiger partial charge in [-0.1, -0.05) is 6.07 Å². The maximum Gasteiger partial charge on any atom is 0.408 e. The van der Waals surface area contributed by atoms with E-state index < -0.39 is 36.2 Å². The summed E-state index contributed by atoms with van der Waals surface area (Å²) in [5.74, 6) is -4.25. The molecule has 0 bridgehead atoms. The van der Waals surface area contributed by atoms with Gasteiger partial charge in [-0.2, -0.15) is 0 Å². The SMILES string of the molecule is CC(C)(C)OC(=O)N[C@@H](CCN1CC(CCc2ccc3c(n2)CCCC3)CC(F)(F)C1)C(=O)O. The highest BCUT2D eigenvalue weighted by Crippen LogP contribution is 2.33. The zero-order chi connectivity index (χ0) is 24.9. The van der Waals surface area contributed by atoms with Gasteiger partial charge in [-0.15, -0.1) is 0 Å². The molecule has 190 valence electrons. The summed E-state index contributed by atoms with van der Waals surface area (Å²) < 4.78 is 34.1. The Bertz CT molecular complexity index is 872. The highest BCUT2D eigenvalue weighted by atomic mass is 19.3. The van der Waals surface area contributed by atoms with Crippen molar-refractivity contribution in [2.45, 2.75) is 89.7 Å². The van der Waals surface area contributed by atoms with Crippen LogP contribution in [0.1, 0.15) is 69.8 Å². The number of aryl methyl sites for hydroxylation is 3. The molecule has 0 radical (unpaired) electrons. The zero-order valence-corrected chi connectivity index (χ0v) is 20.4. The number of rotatable bonds is 8. The number of hydrogen-bond donors (Lipinski definition) is 2. The molecule has 1 aliphatic carbocycles. The molecule has 1 saturated heterocycles. The molecule has 1 unspecified atom stereocenters. The first-order chi connectivity index (χ1) is 15.9. The first-order valence-corrected chi connectivity index (χ1v) is 12.2. The molecule has 0 saturated carbocycles. The number of piperidine rings is 1. The number of hydrogen-bond acceptors (Lipinski definition) is 5. The van der Waals surface area contributed by atoms with Crippen LogP contribution in [0.3, 0.4) is 0 Å². The van der Waals surface area contributed by atoms with E-state index in [1.54, 1.807) is 25.7 Å². The fraction of sp³-hybridized carbons (Fsp3) is 0.720. The van der Waals surface area contributed by atoms with Crippen LogP contribution in [-0.4, -0.2) is 64.3 Å². The van der Waals surface area contributed by atoms with Crippen LogP contribution in [0.2, 0.25) is 0 Å². The maximum absolute atomic E-state index is 14.5. The Balaban J connectivity index is 1.53. The van der Waals surface area contributed by atoms with E-state index in [1.165, 1.54) is 12.0 Å². The Morgan fingerprint density at radius 3 is 2.74 bits per heavy atom. The van der Waals surface area contributed by atoms with Gasteiger partial charge < -0.3 is 15.2 Å². The highest BCUT2D eigenvalue weighted by molar-refractivity contribution is 5.80. The quantitative estimate of drug-likeness (QED) is 0.578. The van der Waals surface area contributed by atoms with Crippen molar-refractivity contribution in [3.63, 3.8) is 0 Å². The van der Waals surface area contributed by atoms with E-state index >= 15 is 0 Å². The summed E-state index contributed by atoms with van der Waals surface area (Å²) in [5.41, 5.74) is 2.64. The van der Waals surface area contributed by atoms with Gasteiger partial charge in [0.15, 0.2) is 0 Å². The van der Waals surface area contributed by atoms with Crippen molar-refractivity contribution in [1.82, 2.24) is 15.2 Å². The van der Waals surface area contributed by atoms with Gasteiger partial charge in [-0.3, -0.25) is 9.88 Å². The summed E-state index contributed by atoms with van der Waals surface area (Å²) in [6.45, 7) is 5.25. The molecule has 0 spiro atoms. The number of amides is 1. The van der Waals surface area contributed by atoms with Crippen LogP contribution in [0.15, 0.2) is 12.1 Å². The smallest absolute Gasteiger partial charge is 0.408 e. The van der Waals surface area contributed by atoms with Gasteiger partial charge in [-0.25, -0.2) is 18.4 Å². The van der Waals surface area contributed by atoms with E-state index in [0.29, 0.717) is 19.4 Å². The second kappa shape index (κ2) is 11.0. The van der Waals surface area contributed by atoms with Gasteiger partial charge >= 0.3 is 12.1 Å². The Morgan fingerprint density at radius 1 is 1.29 bits per heavy atom. The highest BCUT2D eigenvalue weighted by Gasteiger charge is 2.40. The fourth-order valence-corrected chi connectivity index (χ4v) is 4.81. The Kier molecular flexibility index (Phi) is 8.49. The van der Waals surface area contributed by atoms with Crippen molar-refractivity contribution in [2.75, 3.05) is 19.6 Å². The average Bonchev–Trinajstić information content (AvgIpc) is 2.72. The number of carbonyl (C=O) groups excluding carboxylic acids is 1. The molecule has 2 N–H and O–H groups in total. The van der Waals surface area contributed by atoms with Crippen LogP contribution < -0.4 is 5.32 Å². The normalized spacial score (nSPS) is 21.4. The van der Waals surface area contributed by atoms with Gasteiger partial charge in [0.05, 0.1) is 6.54 Å². The van der Waals surface area contributed by atoms with Crippen molar-refractivity contribution in [3.8, 4) is 0 Å². The molecule has 0 aromatic carbocycles. The van der Waals surface area contributed by atoms with Crippen LogP contribution in [0, 0.1) is 5.92 Å². The zero-order valence-electron chi connectivity index (χ0n) is 20.4. The first-order valence-electron chi connectivity index (χ1n) is 12.2. The number of halogens is 2. The third kappa shape index (κ3) is 8.18. The van der Waals surface area contributed by atoms with Crippen molar-refractivity contribution < 1.29 is 28.2 Å². The molecule has 34 heavy (non-hydrogen) atoms. The van der Waals surface area contributed by atoms with Crippen LogP contribution in [-0.2, 0) is 28.8 Å². The molecule has 1 aliphatic heterocycles. The molecule has 1 aromatic heterocycles. The van der Waals surface area contributed by atoms with Crippen LogP contribution in [0.5, 0.6) is 0 Å². The third-order valence-electron chi connectivity index (χ3n) is 6.33. The summed E-state index contributed by atoms with van der Waals surface area (Å²) in [5, 5.41) is 11.8. The summed E-state index contributed by atoms with van der Waals surface area (Å²) in [6.07, 6.45) is 4.66. The second-order valence-electron chi connectivity index (χ2n) is 10.6. The van der Waals surface area contributed by atoms with Crippen molar-refractivity contribution >= 4 is 12.1 Å². The molecule has 2 atom stereocenters. The van der Waals surface area contributed by atoms with Crippen molar-refractivity contribution in [1.29, 1.82) is 0 Å². The molecule has 1 fully saturated rings. The number of aromatic nitrogens is 1. The minimum Gasteiger partial charge on any atom is -0.480 e. The predicted molar refractivity (Wildman–Crippen MR) is 124 cm³/mol. The number of carboxylic acids is 1. The monoisotopic (exact) mass is 481 g/mol. The van der Waals surface area contributed by atoms with Gasteiger partial charge in [0.25, 0.3) is 5.92 Å². The minimum absolute atomic E-state index is 0.0176. The molecular formula is C25H37F2N3O4. The molecule has 1 aromatic rings. The summed E-state index contributed by atoms with van der Waals surface area (Å²) in [7, 11) is 0. The molecular weight excluding hydrogens is 444 g/mol. The standard InChI is InChI=1S/C25H37F2N3O4/c1-24(2,3)34-23(33)29-21(22(31)32)12-13-30-15-17(14-25(26,27)16-30)8-10-19-11-9-18-6-4-5-7-20(18)28-19/h9,11,17,21H,4-8,10,12-16H2,1-3H3,(H,29,33)(H,31,32)/t17?,21-/m0/s1. The number of likely N-dealkylation sites (tertiary alicyclic amines) is 1. The number of alkyl halides is 2. The summed E-state index contributed by atoms with van der Waals surface area (Å²) in [6, 6.07) is 2.94. The largest absolute Gasteiger partial charge is 0.480 e. The van der Waals surface area contributed by atoms with Gasteiger partial charge in [0, 0.05) is 30.9 Å². The number of carbonyl (C=O) groups is 2. The lowest BCUT2D eigenvalue weighted by Crippen LogP contribution is -2.50. The molecule has 2 heterocycles. The number of pyridine rings is 1. The summed E-state index contributed by atoms with van der Waals surface area (Å²) >= 11 is 0. The van der Waals surface area contributed by atoms with E-state index in [1.807, 2.05) is 6.07 Å². The number of nitrogens with zero attached hydrogens (tertiary/aromatic N) is 2. The number of alkyl carbamates (subject to hydrolysis) is 1. The Hall–Kier alpha value is -2.29. The van der Waals surface area contributed by atoms with E-state index in [0.717, 1.165) is 30.7 Å². The van der Waals surface area contributed by atoms with E-state index in [4.69, 9.17) is 9.72 Å². The van der Waals surface area contributed by atoms with Crippen molar-refractivity contribution in [3.05, 3.63) is 29.1 Å². The lowest BCUT2D eigenvalue weighted by atomic mass is 9.89. The number of carboxylic acid groups (broad SMARTS) is 1. The van der Waals surface area contributed by atoms with Crippen LogP contribution >= 0.6 is 0 Å². The Labute approximate surface area is 200 Å². The lowest BCUT2D eigenvalue weighted by Gasteiger charge is -2.38. The molecule has 2 aliphatic rings. The molecule has 3 rings (SSSR count). The number of nitrogens with one attached hydrogen (secondary N) is 1. The fourth-order valence-electron chi connectivity index (χ4n) is 4.81. The minimum atomic E-state index is -2.83. The van der Waals surface area contributed by atoms with E-state index in [-0.39, 0.29) is 25.3 Å². The maximum atomic E-state index is 14.5. The molecule has 1 amide bonds. The predicted octanol–water partition coefficient (Wildman–Crippen LogP) is 4.22. The number of ether oxygens (including phenoxy) is 1. The Morgan fingerprint density at radius 2 is 2.03 bits per heavy atom. The van der Waals surface area contributed by atoms with Crippen LogP contribution in [0.4, 0.5) is 13.6 Å². The van der Waals surface area contributed by atoms with E-state index in [9.17, 15) is 23.5 Å². The van der Waals surface area contributed by atoms with E-state index in [2.05, 4.69) is 11.4 Å². The third-order valence-corrected chi connectivity index (χ3v) is 6.33. The topological polar surface area (TPSA) is 91.8 Å². The number of aliphatic carboxylic acids is 1. The van der Waals surface area contributed by atoms with Crippen LogP contribution in [0.25, 0.3) is 0 Å². The number of fused-ring (bicyclic) bond motifs is 1. The van der Waals surface area contributed by atoms with Gasteiger partial charge in [-0.05, 0) is 83.3 Å². The van der Waals surface area contributed by atoms with Gasteiger partial charge in [0.1, 0.15) is 11.6 Å². The second-order valence-corrected chi connectivity index (χ2v) is 10.6. The first kappa shape index (κ1) is 26.3. The average molecular weight is 482 g/mol. The summed E-state index contributed by atoms with van der Waals surface area (Å²) in [4.78, 5) is 29.9. The van der Waals surface area contributed by atoms with Gasteiger partial charge in [0.2, 0.25) is 0 Å². The molecule has 7 nitrogen and oxygen atoms in total.